The molecule has 5 aromatic rings. The fourth-order valence-corrected chi connectivity index (χ4v) is 4.22. The molecule has 178 valence electrons. The minimum absolute atomic E-state index is 0.0759. The van der Waals surface area contributed by atoms with Crippen LogP contribution in [0.3, 0.4) is 0 Å². The third-order valence-electron chi connectivity index (χ3n) is 6.29. The average molecular weight is 474 g/mol. The van der Waals surface area contributed by atoms with Gasteiger partial charge in [0.25, 0.3) is 0 Å². The van der Waals surface area contributed by atoms with Crippen molar-refractivity contribution in [3.63, 3.8) is 0 Å². The van der Waals surface area contributed by atoms with E-state index in [0.717, 1.165) is 39.6 Å². The number of para-hydroxylation sites is 1. The number of aromatic carboxylic acids is 1. The molecular formula is C31H27N3O2. The Morgan fingerprint density at radius 2 is 1.08 bits per heavy atom. The first-order valence-corrected chi connectivity index (χ1v) is 11.9. The van der Waals surface area contributed by atoms with Gasteiger partial charge in [-0.25, -0.2) is 4.79 Å². The summed E-state index contributed by atoms with van der Waals surface area (Å²) in [6.07, 6.45) is 0. The molecule has 0 atom stereocenters. The van der Waals surface area contributed by atoms with Crippen LogP contribution in [0.15, 0.2) is 103 Å². The van der Waals surface area contributed by atoms with Crippen molar-refractivity contribution >= 4 is 5.97 Å². The van der Waals surface area contributed by atoms with Gasteiger partial charge in [-0.1, -0.05) is 99.6 Å². The minimum atomic E-state index is -0.930. The molecule has 36 heavy (non-hydrogen) atoms. The van der Waals surface area contributed by atoms with Crippen molar-refractivity contribution in [1.29, 1.82) is 0 Å². The van der Waals surface area contributed by atoms with Gasteiger partial charge in [0.2, 0.25) is 0 Å². The van der Waals surface area contributed by atoms with Crippen LogP contribution < -0.4 is 0 Å². The zero-order chi connectivity index (χ0) is 25.3. The summed E-state index contributed by atoms with van der Waals surface area (Å²) in [5, 5.41) is 18.3. The molecule has 5 nitrogen and oxygen atoms in total. The van der Waals surface area contributed by atoms with Crippen molar-refractivity contribution in [1.82, 2.24) is 14.8 Å². The van der Waals surface area contributed by atoms with Crippen molar-refractivity contribution in [3.8, 4) is 39.6 Å². The second-order valence-corrected chi connectivity index (χ2v) is 9.81. The molecule has 5 rings (SSSR count). The molecule has 0 fully saturated rings. The van der Waals surface area contributed by atoms with Crippen molar-refractivity contribution in [2.45, 2.75) is 26.2 Å². The number of benzene rings is 4. The third kappa shape index (κ3) is 4.56. The Morgan fingerprint density at radius 3 is 1.56 bits per heavy atom. The fourth-order valence-electron chi connectivity index (χ4n) is 4.22. The Balaban J connectivity index is 1.55. The summed E-state index contributed by atoms with van der Waals surface area (Å²) in [4.78, 5) is 11.1. The van der Waals surface area contributed by atoms with Gasteiger partial charge in [-0.2, -0.15) is 0 Å². The Bertz CT molecular complexity index is 1490. The lowest BCUT2D eigenvalue weighted by atomic mass is 9.86. The van der Waals surface area contributed by atoms with Gasteiger partial charge in [-0.15, -0.1) is 10.2 Å². The lowest BCUT2D eigenvalue weighted by Gasteiger charge is -2.19. The second kappa shape index (κ2) is 9.27. The van der Waals surface area contributed by atoms with Crippen LogP contribution in [0.25, 0.3) is 39.6 Å². The molecule has 0 spiro atoms. The summed E-state index contributed by atoms with van der Waals surface area (Å²) in [7, 11) is 0. The number of rotatable bonds is 5. The summed E-state index contributed by atoms with van der Waals surface area (Å²) >= 11 is 0. The van der Waals surface area contributed by atoms with Crippen LogP contribution in [-0.4, -0.2) is 25.8 Å². The summed E-state index contributed by atoms with van der Waals surface area (Å²) in [5.74, 6) is 0.606. The molecule has 0 aliphatic rings. The number of carboxylic acid groups (broad SMARTS) is 1. The highest BCUT2D eigenvalue weighted by Gasteiger charge is 2.19. The highest BCUT2D eigenvalue weighted by molar-refractivity contribution is 5.88. The molecule has 1 heterocycles. The normalized spacial score (nSPS) is 11.4. The van der Waals surface area contributed by atoms with Gasteiger partial charge in [-0.05, 0) is 46.4 Å². The summed E-state index contributed by atoms with van der Waals surface area (Å²) < 4.78 is 2.09. The number of carbonyl (C=O) groups is 1. The smallest absolute Gasteiger partial charge is 0.335 e. The van der Waals surface area contributed by atoms with Gasteiger partial charge in [0.1, 0.15) is 0 Å². The van der Waals surface area contributed by atoms with Crippen molar-refractivity contribution in [2.24, 2.45) is 0 Å². The van der Waals surface area contributed by atoms with Crippen LogP contribution >= 0.6 is 0 Å². The van der Waals surface area contributed by atoms with Crippen LogP contribution in [0.4, 0.5) is 0 Å². The molecule has 1 aromatic heterocycles. The van der Waals surface area contributed by atoms with Crippen molar-refractivity contribution in [2.75, 3.05) is 0 Å². The van der Waals surface area contributed by atoms with E-state index < -0.39 is 5.97 Å². The van der Waals surface area contributed by atoms with Crippen molar-refractivity contribution in [3.05, 3.63) is 114 Å². The summed E-state index contributed by atoms with van der Waals surface area (Å²) in [6.45, 7) is 6.62. The SMILES string of the molecule is CC(C)(C)c1ccc(-c2nnc(-c3ccc(-c4ccc(C(=O)O)cc4)cc3)n2-c2ccccc2)cc1. The molecule has 0 radical (unpaired) electrons. The summed E-state index contributed by atoms with van der Waals surface area (Å²) in [6, 6.07) is 33.6. The number of aromatic nitrogens is 3. The van der Waals surface area contributed by atoms with E-state index in [1.807, 2.05) is 54.6 Å². The largest absolute Gasteiger partial charge is 0.478 e. The molecule has 0 bridgehead atoms. The third-order valence-corrected chi connectivity index (χ3v) is 6.29. The molecule has 5 heteroatoms. The predicted molar refractivity (Wildman–Crippen MR) is 143 cm³/mol. The van der Waals surface area contributed by atoms with Crippen molar-refractivity contribution < 1.29 is 9.90 Å². The first kappa shape index (κ1) is 23.2. The first-order chi connectivity index (χ1) is 17.3. The quantitative estimate of drug-likeness (QED) is 0.292. The van der Waals surface area contributed by atoms with Gasteiger partial charge >= 0.3 is 5.97 Å². The van der Waals surface area contributed by atoms with Gasteiger partial charge in [-0.3, -0.25) is 4.57 Å². The lowest BCUT2D eigenvalue weighted by molar-refractivity contribution is 0.0697. The Hall–Kier alpha value is -4.51. The van der Waals surface area contributed by atoms with E-state index in [0.29, 0.717) is 0 Å². The van der Waals surface area contributed by atoms with E-state index in [1.165, 1.54) is 5.56 Å². The second-order valence-electron chi connectivity index (χ2n) is 9.81. The Labute approximate surface area is 210 Å². The van der Waals surface area contributed by atoms with Gasteiger partial charge < -0.3 is 5.11 Å². The molecular weight excluding hydrogens is 446 g/mol. The molecule has 0 saturated heterocycles. The highest BCUT2D eigenvalue weighted by Crippen LogP contribution is 2.31. The van der Waals surface area contributed by atoms with E-state index in [4.69, 9.17) is 5.11 Å². The molecule has 0 unspecified atom stereocenters. The molecule has 4 aromatic carbocycles. The fraction of sp³-hybridized carbons (Fsp3) is 0.129. The average Bonchev–Trinajstić information content (AvgIpc) is 3.34. The highest BCUT2D eigenvalue weighted by atomic mass is 16.4. The van der Waals surface area contributed by atoms with Crippen LogP contribution in [0.5, 0.6) is 0 Å². The van der Waals surface area contributed by atoms with Gasteiger partial charge in [0.05, 0.1) is 5.56 Å². The van der Waals surface area contributed by atoms with Crippen LogP contribution in [0.2, 0.25) is 0 Å². The zero-order valence-corrected chi connectivity index (χ0v) is 20.5. The van der Waals surface area contributed by atoms with Gasteiger partial charge in [0.15, 0.2) is 11.6 Å². The van der Waals surface area contributed by atoms with E-state index in [2.05, 4.69) is 71.9 Å². The van der Waals surface area contributed by atoms with Crippen LogP contribution in [0, 0.1) is 0 Å². The number of carboxylic acids is 1. The molecule has 0 aliphatic carbocycles. The van der Waals surface area contributed by atoms with E-state index in [1.54, 1.807) is 12.1 Å². The Morgan fingerprint density at radius 1 is 0.639 bits per heavy atom. The predicted octanol–water partition coefficient (Wildman–Crippen LogP) is 7.26. The maximum atomic E-state index is 11.1. The Kier molecular flexibility index (Phi) is 5.98. The van der Waals surface area contributed by atoms with Crippen LogP contribution in [0.1, 0.15) is 36.7 Å². The monoisotopic (exact) mass is 473 g/mol. The number of hydrogen-bond acceptors (Lipinski definition) is 3. The standard InChI is InChI=1S/C31H27N3O2/c1-31(2,3)26-19-17-24(18-20-26)29-33-32-28(34(29)27-7-5-4-6-8-27)23-13-9-21(10-14-23)22-11-15-25(16-12-22)30(35)36/h4-20H,1-3H3,(H,35,36). The van der Waals surface area contributed by atoms with E-state index in [-0.39, 0.29) is 11.0 Å². The lowest BCUT2D eigenvalue weighted by Crippen LogP contribution is -2.10. The zero-order valence-electron chi connectivity index (χ0n) is 20.5. The number of hydrogen-bond donors (Lipinski definition) is 1. The minimum Gasteiger partial charge on any atom is -0.478 e. The first-order valence-electron chi connectivity index (χ1n) is 11.9. The molecule has 0 saturated carbocycles. The van der Waals surface area contributed by atoms with E-state index >= 15 is 0 Å². The molecule has 1 N–H and O–H groups in total. The molecule has 0 aliphatic heterocycles. The van der Waals surface area contributed by atoms with E-state index in [9.17, 15) is 4.79 Å². The number of nitrogens with zero attached hydrogens (tertiary/aromatic N) is 3. The van der Waals surface area contributed by atoms with Gasteiger partial charge in [0, 0.05) is 16.8 Å². The summed E-state index contributed by atoms with van der Waals surface area (Å²) in [5.41, 5.74) is 6.50. The molecule has 0 amide bonds. The maximum absolute atomic E-state index is 11.1. The van der Waals surface area contributed by atoms with Crippen LogP contribution in [-0.2, 0) is 5.41 Å². The maximum Gasteiger partial charge on any atom is 0.335 e. The topological polar surface area (TPSA) is 68.0 Å².